The van der Waals surface area contributed by atoms with Gasteiger partial charge in [0.1, 0.15) is 0 Å². The standard InChI is InChI=1S/C19H21ClN8O2/c1-11(25-18(29)15-16(21)24-6-5-23-15)17-26-13-4-2-3-12(20)14(13)19(30)28(17)27-9-7-22-8-10-27/h2-6,11,22H,7-10H2,1H3,(H2,21,24)(H,25,29). The summed E-state index contributed by atoms with van der Waals surface area (Å²) < 4.78 is 1.51. The van der Waals surface area contributed by atoms with Gasteiger partial charge in [0.25, 0.3) is 11.5 Å². The van der Waals surface area contributed by atoms with Gasteiger partial charge in [0.2, 0.25) is 0 Å². The van der Waals surface area contributed by atoms with Crippen molar-refractivity contribution >= 4 is 34.2 Å². The van der Waals surface area contributed by atoms with Crippen LogP contribution >= 0.6 is 11.6 Å². The van der Waals surface area contributed by atoms with E-state index < -0.39 is 11.9 Å². The van der Waals surface area contributed by atoms with Crippen molar-refractivity contribution in [1.29, 1.82) is 0 Å². The molecule has 156 valence electrons. The number of aromatic nitrogens is 4. The van der Waals surface area contributed by atoms with Crippen LogP contribution in [0.5, 0.6) is 0 Å². The number of hydrogen-bond donors (Lipinski definition) is 3. The van der Waals surface area contributed by atoms with Gasteiger partial charge >= 0.3 is 0 Å². The second-order valence-corrected chi connectivity index (χ2v) is 7.32. The first-order valence-corrected chi connectivity index (χ1v) is 9.89. The minimum absolute atomic E-state index is 0.0178. The molecule has 2 aromatic heterocycles. The van der Waals surface area contributed by atoms with Gasteiger partial charge in [-0.25, -0.2) is 19.6 Å². The average molecular weight is 429 g/mol. The first kappa shape index (κ1) is 20.0. The number of nitrogens with one attached hydrogen (secondary N) is 2. The molecule has 1 fully saturated rings. The van der Waals surface area contributed by atoms with Crippen LogP contribution in [-0.2, 0) is 0 Å². The number of fused-ring (bicyclic) bond motifs is 1. The molecule has 0 radical (unpaired) electrons. The quantitative estimate of drug-likeness (QED) is 0.546. The third-order valence-corrected chi connectivity index (χ3v) is 5.22. The van der Waals surface area contributed by atoms with E-state index in [0.717, 1.165) is 13.1 Å². The normalized spacial score (nSPS) is 15.2. The van der Waals surface area contributed by atoms with Gasteiger partial charge in [0.15, 0.2) is 17.3 Å². The maximum atomic E-state index is 13.4. The molecule has 3 heterocycles. The zero-order valence-electron chi connectivity index (χ0n) is 16.3. The van der Waals surface area contributed by atoms with Gasteiger partial charge in [-0.05, 0) is 19.1 Å². The number of amides is 1. The van der Waals surface area contributed by atoms with Crippen LogP contribution in [0.4, 0.5) is 5.82 Å². The van der Waals surface area contributed by atoms with Crippen molar-refractivity contribution in [2.45, 2.75) is 13.0 Å². The number of benzene rings is 1. The Kier molecular flexibility index (Phi) is 5.51. The molecule has 0 aliphatic carbocycles. The summed E-state index contributed by atoms with van der Waals surface area (Å²) in [7, 11) is 0. The van der Waals surface area contributed by atoms with Gasteiger partial charge in [-0.2, -0.15) is 0 Å². The van der Waals surface area contributed by atoms with E-state index in [2.05, 4.69) is 25.6 Å². The number of nitrogens with zero attached hydrogens (tertiary/aromatic N) is 5. The summed E-state index contributed by atoms with van der Waals surface area (Å²) >= 11 is 6.30. The molecule has 10 nitrogen and oxygen atoms in total. The average Bonchev–Trinajstić information content (AvgIpc) is 2.74. The Labute approximate surface area is 177 Å². The molecule has 1 aliphatic rings. The summed E-state index contributed by atoms with van der Waals surface area (Å²) in [4.78, 5) is 38.6. The highest BCUT2D eigenvalue weighted by Gasteiger charge is 2.25. The van der Waals surface area contributed by atoms with E-state index in [4.69, 9.17) is 17.3 Å². The number of carbonyl (C=O) groups excluding carboxylic acids is 1. The molecule has 3 aromatic rings. The van der Waals surface area contributed by atoms with Crippen LogP contribution in [0.1, 0.15) is 29.3 Å². The molecule has 0 bridgehead atoms. The van der Waals surface area contributed by atoms with Crippen LogP contribution in [0.2, 0.25) is 5.02 Å². The molecule has 30 heavy (non-hydrogen) atoms. The van der Waals surface area contributed by atoms with Crippen LogP contribution in [0.3, 0.4) is 0 Å². The van der Waals surface area contributed by atoms with Crippen molar-refractivity contribution in [2.75, 3.05) is 36.9 Å². The minimum Gasteiger partial charge on any atom is -0.382 e. The lowest BCUT2D eigenvalue weighted by Crippen LogP contribution is -2.54. The fraction of sp³-hybridized carbons (Fsp3) is 0.316. The second kappa shape index (κ2) is 8.25. The van der Waals surface area contributed by atoms with Gasteiger partial charge in [-0.1, -0.05) is 17.7 Å². The van der Waals surface area contributed by atoms with E-state index >= 15 is 0 Å². The number of rotatable bonds is 4. The molecule has 4 N–H and O–H groups in total. The molecule has 1 amide bonds. The van der Waals surface area contributed by atoms with Gasteiger partial charge < -0.3 is 21.4 Å². The highest BCUT2D eigenvalue weighted by molar-refractivity contribution is 6.35. The highest BCUT2D eigenvalue weighted by Crippen LogP contribution is 2.21. The highest BCUT2D eigenvalue weighted by atomic mass is 35.5. The Morgan fingerprint density at radius 2 is 2.00 bits per heavy atom. The first-order valence-electron chi connectivity index (χ1n) is 9.52. The summed E-state index contributed by atoms with van der Waals surface area (Å²) in [6.07, 6.45) is 2.80. The number of nitrogen functional groups attached to an aromatic ring is 1. The Morgan fingerprint density at radius 1 is 1.27 bits per heavy atom. The predicted molar refractivity (Wildman–Crippen MR) is 114 cm³/mol. The number of nitrogens with two attached hydrogens (primary N) is 1. The minimum atomic E-state index is -0.607. The summed E-state index contributed by atoms with van der Waals surface area (Å²) in [5, 5.41) is 8.67. The van der Waals surface area contributed by atoms with Crippen molar-refractivity contribution in [3.05, 3.63) is 57.5 Å². The number of piperazine rings is 1. The fourth-order valence-electron chi connectivity index (χ4n) is 3.46. The van der Waals surface area contributed by atoms with E-state index in [1.165, 1.54) is 17.1 Å². The summed E-state index contributed by atoms with van der Waals surface area (Å²) in [6.45, 7) is 4.43. The van der Waals surface area contributed by atoms with Crippen LogP contribution in [0.25, 0.3) is 10.9 Å². The topological polar surface area (TPSA) is 131 Å². The Balaban J connectivity index is 1.79. The molecule has 1 aromatic carbocycles. The van der Waals surface area contributed by atoms with Crippen molar-refractivity contribution in [3.63, 3.8) is 0 Å². The molecule has 1 aliphatic heterocycles. The van der Waals surface area contributed by atoms with E-state index in [0.29, 0.717) is 34.8 Å². The number of anilines is 1. The van der Waals surface area contributed by atoms with Crippen molar-refractivity contribution < 1.29 is 4.79 Å². The molecule has 1 unspecified atom stereocenters. The zero-order chi connectivity index (χ0) is 21.3. The summed E-state index contributed by atoms with van der Waals surface area (Å²) in [5.74, 6) is -0.0761. The van der Waals surface area contributed by atoms with E-state index in [1.54, 1.807) is 25.1 Å². The van der Waals surface area contributed by atoms with Crippen molar-refractivity contribution in [2.24, 2.45) is 0 Å². The molecular formula is C19H21ClN8O2. The third-order valence-electron chi connectivity index (χ3n) is 4.90. The molecule has 0 saturated carbocycles. The lowest BCUT2D eigenvalue weighted by molar-refractivity contribution is 0.0932. The Hall–Kier alpha value is -3.24. The van der Waals surface area contributed by atoms with Gasteiger partial charge in [-0.3, -0.25) is 9.59 Å². The van der Waals surface area contributed by atoms with E-state index in [9.17, 15) is 9.59 Å². The second-order valence-electron chi connectivity index (χ2n) is 6.91. The van der Waals surface area contributed by atoms with Crippen LogP contribution in [0, 0.1) is 0 Å². The lowest BCUT2D eigenvalue weighted by atomic mass is 10.2. The smallest absolute Gasteiger partial charge is 0.281 e. The van der Waals surface area contributed by atoms with E-state index in [1.807, 2.05) is 5.01 Å². The molecular weight excluding hydrogens is 408 g/mol. The van der Waals surface area contributed by atoms with Crippen molar-refractivity contribution in [1.82, 2.24) is 30.3 Å². The predicted octanol–water partition coefficient (Wildman–Crippen LogP) is 0.454. The lowest BCUT2D eigenvalue weighted by Gasteiger charge is -2.33. The number of halogens is 1. The molecule has 1 atom stereocenters. The third kappa shape index (κ3) is 3.66. The van der Waals surface area contributed by atoms with Crippen LogP contribution in [-0.4, -0.2) is 51.7 Å². The maximum Gasteiger partial charge on any atom is 0.281 e. The molecule has 1 saturated heterocycles. The largest absolute Gasteiger partial charge is 0.382 e. The van der Waals surface area contributed by atoms with Crippen LogP contribution < -0.4 is 26.9 Å². The molecule has 4 rings (SSSR count). The Morgan fingerprint density at radius 3 is 2.73 bits per heavy atom. The van der Waals surface area contributed by atoms with Gasteiger partial charge in [0, 0.05) is 38.6 Å². The summed E-state index contributed by atoms with van der Waals surface area (Å²) in [6, 6.07) is 4.52. The van der Waals surface area contributed by atoms with E-state index in [-0.39, 0.29) is 17.1 Å². The number of hydrogen-bond acceptors (Lipinski definition) is 8. The fourth-order valence-corrected chi connectivity index (χ4v) is 3.71. The van der Waals surface area contributed by atoms with Gasteiger partial charge in [0.05, 0.1) is 22.0 Å². The molecule has 11 heteroatoms. The van der Waals surface area contributed by atoms with Crippen molar-refractivity contribution in [3.8, 4) is 0 Å². The Bertz CT molecular complexity index is 1160. The summed E-state index contributed by atoms with van der Waals surface area (Å²) in [5.41, 5.74) is 5.97. The maximum absolute atomic E-state index is 13.4. The van der Waals surface area contributed by atoms with Crippen LogP contribution in [0.15, 0.2) is 35.4 Å². The number of carbonyl (C=O) groups is 1. The SMILES string of the molecule is CC(NC(=O)c1nccnc1N)c1nc2cccc(Cl)c2c(=O)n1N1CCNCC1. The monoisotopic (exact) mass is 428 g/mol. The molecule has 0 spiro atoms. The first-order chi connectivity index (χ1) is 14.5. The zero-order valence-corrected chi connectivity index (χ0v) is 17.1. The van der Waals surface area contributed by atoms with Gasteiger partial charge in [-0.15, -0.1) is 0 Å².